The van der Waals surface area contributed by atoms with Gasteiger partial charge in [0, 0.05) is 23.2 Å². The number of thioether (sulfide) groups is 1. The highest BCUT2D eigenvalue weighted by molar-refractivity contribution is 7.98. The number of imidazole rings is 1. The first kappa shape index (κ1) is 14.2. The van der Waals surface area contributed by atoms with Crippen molar-refractivity contribution in [1.29, 1.82) is 5.26 Å². The molecule has 6 heteroatoms. The maximum absolute atomic E-state index is 9.44. The smallest absolute Gasteiger partial charge is 0.166 e. The first-order chi connectivity index (χ1) is 11.2. The van der Waals surface area contributed by atoms with E-state index in [-0.39, 0.29) is 0 Å². The van der Waals surface area contributed by atoms with Gasteiger partial charge in [0.2, 0.25) is 0 Å². The van der Waals surface area contributed by atoms with Crippen LogP contribution < -0.4 is 0 Å². The summed E-state index contributed by atoms with van der Waals surface area (Å²) < 4.78 is 1.98. The predicted octanol–water partition coefficient (Wildman–Crippen LogP) is 4.63. The minimum Gasteiger partial charge on any atom is -0.333 e. The number of H-pyrrole nitrogens is 1. The Bertz CT molecular complexity index is 1060. The zero-order valence-corrected chi connectivity index (χ0v) is 13.5. The number of nitriles is 1. The minimum atomic E-state index is 0.679. The first-order valence-corrected chi connectivity index (χ1v) is 8.38. The average Bonchev–Trinajstić information content (AvgIpc) is 3.12. The molecule has 0 aliphatic carbocycles. The van der Waals surface area contributed by atoms with E-state index in [1.165, 1.54) is 0 Å². The van der Waals surface area contributed by atoms with Gasteiger partial charge in [0.1, 0.15) is 6.07 Å². The van der Waals surface area contributed by atoms with Gasteiger partial charge >= 0.3 is 0 Å². The molecule has 0 unspecified atom stereocenters. The number of nitrogens with one attached hydrogen (secondary N) is 1. The third-order valence-corrected chi connectivity index (χ3v) is 4.82. The van der Waals surface area contributed by atoms with E-state index in [9.17, 15) is 5.26 Å². The molecule has 4 rings (SSSR count). The third kappa shape index (κ3) is 2.56. The summed E-state index contributed by atoms with van der Waals surface area (Å²) >= 11 is 7.57. The fourth-order valence-electron chi connectivity index (χ4n) is 2.59. The van der Waals surface area contributed by atoms with Crippen molar-refractivity contribution < 1.29 is 0 Å². The van der Waals surface area contributed by atoms with Gasteiger partial charge in [-0.1, -0.05) is 29.4 Å². The lowest BCUT2D eigenvalue weighted by Crippen LogP contribution is -1.83. The lowest BCUT2D eigenvalue weighted by Gasteiger charge is -1.96. The van der Waals surface area contributed by atoms with E-state index in [4.69, 9.17) is 11.6 Å². The van der Waals surface area contributed by atoms with Gasteiger partial charge in [-0.2, -0.15) is 5.26 Å². The van der Waals surface area contributed by atoms with E-state index in [1.54, 1.807) is 11.8 Å². The number of aromatic amines is 1. The standard InChI is InChI=1S/C17H11ClN4S/c18-12-4-5-14-15(7-12)21-17(20-14)23-10-11-9-22-6-2-1-3-16(22)13(11)8-19/h1-7,9H,10H2,(H,20,21). The summed E-state index contributed by atoms with van der Waals surface area (Å²) in [7, 11) is 0. The van der Waals surface area contributed by atoms with Gasteiger partial charge in [-0.25, -0.2) is 4.98 Å². The van der Waals surface area contributed by atoms with Crippen LogP contribution >= 0.6 is 23.4 Å². The van der Waals surface area contributed by atoms with Crippen LogP contribution in [0.3, 0.4) is 0 Å². The normalized spacial score (nSPS) is 11.1. The van der Waals surface area contributed by atoms with Crippen molar-refractivity contribution in [3.8, 4) is 6.07 Å². The van der Waals surface area contributed by atoms with Crippen molar-refractivity contribution in [3.63, 3.8) is 0 Å². The Balaban J connectivity index is 1.64. The number of fused-ring (bicyclic) bond motifs is 2. The van der Waals surface area contributed by atoms with Crippen molar-refractivity contribution >= 4 is 39.9 Å². The molecule has 0 aliphatic rings. The van der Waals surface area contributed by atoms with Crippen LogP contribution in [-0.2, 0) is 5.75 Å². The summed E-state index contributed by atoms with van der Waals surface area (Å²) in [6, 6.07) is 13.7. The molecule has 0 bridgehead atoms. The Morgan fingerprint density at radius 1 is 1.30 bits per heavy atom. The molecule has 0 spiro atoms. The fraction of sp³-hybridized carbons (Fsp3) is 0.0588. The van der Waals surface area contributed by atoms with Gasteiger partial charge in [0.25, 0.3) is 0 Å². The summed E-state index contributed by atoms with van der Waals surface area (Å²) in [5, 5.41) is 10.9. The number of rotatable bonds is 3. The second-order valence-electron chi connectivity index (χ2n) is 5.13. The number of hydrogen-bond acceptors (Lipinski definition) is 3. The van der Waals surface area contributed by atoms with Crippen LogP contribution in [0, 0.1) is 11.3 Å². The summed E-state index contributed by atoms with van der Waals surface area (Å²) in [6.07, 6.45) is 3.95. The van der Waals surface area contributed by atoms with Crippen molar-refractivity contribution in [1.82, 2.24) is 14.4 Å². The number of pyridine rings is 1. The molecule has 23 heavy (non-hydrogen) atoms. The second-order valence-corrected chi connectivity index (χ2v) is 6.53. The van der Waals surface area contributed by atoms with Crippen LogP contribution in [0.15, 0.2) is 53.9 Å². The molecule has 0 fully saturated rings. The van der Waals surface area contributed by atoms with Crippen molar-refractivity contribution in [2.24, 2.45) is 0 Å². The van der Waals surface area contributed by atoms with Crippen LogP contribution in [0.25, 0.3) is 16.6 Å². The number of nitrogens with zero attached hydrogens (tertiary/aromatic N) is 3. The Labute approximate surface area is 141 Å². The molecule has 0 radical (unpaired) electrons. The van der Waals surface area contributed by atoms with E-state index in [0.717, 1.165) is 32.8 Å². The maximum atomic E-state index is 9.44. The highest BCUT2D eigenvalue weighted by Crippen LogP contribution is 2.27. The maximum Gasteiger partial charge on any atom is 0.166 e. The molecule has 0 saturated heterocycles. The summed E-state index contributed by atoms with van der Waals surface area (Å²) in [4.78, 5) is 7.79. The van der Waals surface area contributed by atoms with Gasteiger partial charge < -0.3 is 9.38 Å². The van der Waals surface area contributed by atoms with Gasteiger partial charge in [-0.15, -0.1) is 0 Å². The van der Waals surface area contributed by atoms with E-state index in [2.05, 4.69) is 16.0 Å². The van der Waals surface area contributed by atoms with Crippen LogP contribution in [0.5, 0.6) is 0 Å². The topological polar surface area (TPSA) is 56.9 Å². The lowest BCUT2D eigenvalue weighted by molar-refractivity contribution is 1.08. The Morgan fingerprint density at radius 2 is 2.22 bits per heavy atom. The largest absolute Gasteiger partial charge is 0.333 e. The van der Waals surface area contributed by atoms with Crippen molar-refractivity contribution in [2.45, 2.75) is 10.9 Å². The average molecular weight is 339 g/mol. The zero-order chi connectivity index (χ0) is 15.8. The van der Waals surface area contributed by atoms with Crippen LogP contribution in [-0.4, -0.2) is 14.4 Å². The molecule has 1 N–H and O–H groups in total. The molecule has 0 amide bonds. The monoisotopic (exact) mass is 338 g/mol. The lowest BCUT2D eigenvalue weighted by atomic mass is 10.2. The first-order valence-electron chi connectivity index (χ1n) is 7.01. The van der Waals surface area contributed by atoms with Gasteiger partial charge in [-0.3, -0.25) is 0 Å². The van der Waals surface area contributed by atoms with E-state index < -0.39 is 0 Å². The molecule has 4 aromatic rings. The molecule has 1 aromatic carbocycles. The van der Waals surface area contributed by atoms with Crippen LogP contribution in [0.4, 0.5) is 0 Å². The summed E-state index contributed by atoms with van der Waals surface area (Å²) in [6.45, 7) is 0. The quantitative estimate of drug-likeness (QED) is 0.554. The Morgan fingerprint density at radius 3 is 3.09 bits per heavy atom. The number of aromatic nitrogens is 3. The molecule has 0 saturated carbocycles. The van der Waals surface area contributed by atoms with Crippen LogP contribution in [0.1, 0.15) is 11.1 Å². The van der Waals surface area contributed by atoms with Gasteiger partial charge in [-0.05, 0) is 35.9 Å². The molecule has 4 nitrogen and oxygen atoms in total. The predicted molar refractivity (Wildman–Crippen MR) is 92.8 cm³/mol. The van der Waals surface area contributed by atoms with E-state index >= 15 is 0 Å². The molecule has 3 heterocycles. The molecular formula is C17H11ClN4S. The second kappa shape index (κ2) is 5.65. The third-order valence-electron chi connectivity index (χ3n) is 3.66. The van der Waals surface area contributed by atoms with Crippen molar-refractivity contribution in [2.75, 3.05) is 0 Å². The molecule has 0 aliphatic heterocycles. The highest BCUT2D eigenvalue weighted by atomic mass is 35.5. The molecule has 0 atom stereocenters. The summed E-state index contributed by atoms with van der Waals surface area (Å²) in [5.74, 6) is 0.679. The minimum absolute atomic E-state index is 0.679. The van der Waals surface area contributed by atoms with E-state index in [1.807, 2.05) is 53.2 Å². The highest BCUT2D eigenvalue weighted by Gasteiger charge is 2.11. The number of halogens is 1. The van der Waals surface area contributed by atoms with Crippen LogP contribution in [0.2, 0.25) is 5.02 Å². The van der Waals surface area contributed by atoms with Crippen molar-refractivity contribution in [3.05, 3.63) is 64.9 Å². The number of benzene rings is 1. The van der Waals surface area contributed by atoms with E-state index in [0.29, 0.717) is 10.8 Å². The molecule has 112 valence electrons. The fourth-order valence-corrected chi connectivity index (χ4v) is 3.62. The summed E-state index contributed by atoms with van der Waals surface area (Å²) in [5.41, 5.74) is 4.46. The molecule has 3 aromatic heterocycles. The van der Waals surface area contributed by atoms with Gasteiger partial charge in [0.05, 0.1) is 22.1 Å². The molecular weight excluding hydrogens is 328 g/mol. The van der Waals surface area contributed by atoms with Gasteiger partial charge in [0.15, 0.2) is 5.16 Å². The SMILES string of the molecule is N#Cc1c(CSc2nc3ccc(Cl)cc3[nH]2)cn2ccccc12. The Kier molecular flexibility index (Phi) is 3.49. The number of hydrogen-bond donors (Lipinski definition) is 1. The zero-order valence-electron chi connectivity index (χ0n) is 12.0. The Hall–Kier alpha value is -2.42.